The van der Waals surface area contributed by atoms with Crippen LogP contribution < -0.4 is 10.9 Å². The maximum absolute atomic E-state index is 13.7. The van der Waals surface area contributed by atoms with E-state index in [1.807, 2.05) is 13.0 Å². The summed E-state index contributed by atoms with van der Waals surface area (Å²) in [5, 5.41) is 3.02. The molecular weight excluding hydrogens is 353 g/mol. The fourth-order valence-corrected chi connectivity index (χ4v) is 3.50. The van der Waals surface area contributed by atoms with Crippen molar-refractivity contribution in [2.75, 3.05) is 5.32 Å². The molecule has 7 heteroatoms. The molecule has 0 aliphatic rings. The van der Waals surface area contributed by atoms with E-state index in [0.717, 1.165) is 0 Å². The molecule has 1 unspecified atom stereocenters. The number of carbonyl (C=O) groups excluding carboxylic acids is 1. The molecule has 0 aliphatic heterocycles. The van der Waals surface area contributed by atoms with Crippen molar-refractivity contribution in [1.82, 2.24) is 9.55 Å². The number of halogens is 1. The average Bonchev–Trinajstić information content (AvgIpc) is 2.64. The van der Waals surface area contributed by atoms with Crippen LogP contribution in [0.1, 0.15) is 13.8 Å². The summed E-state index contributed by atoms with van der Waals surface area (Å²) in [6.45, 7) is 3.99. The molecular formula is C19H18FN3O2S. The average molecular weight is 371 g/mol. The minimum Gasteiger partial charge on any atom is -0.323 e. The lowest BCUT2D eigenvalue weighted by atomic mass is 10.2. The summed E-state index contributed by atoms with van der Waals surface area (Å²) in [5.41, 5.74) is 0.582. The number of hydrogen-bond donors (Lipinski definition) is 1. The third kappa shape index (κ3) is 3.62. The number of para-hydroxylation sites is 2. The first-order valence-electron chi connectivity index (χ1n) is 8.23. The number of rotatable bonds is 5. The van der Waals surface area contributed by atoms with E-state index < -0.39 is 11.1 Å². The Morgan fingerprint density at radius 3 is 2.65 bits per heavy atom. The van der Waals surface area contributed by atoms with Gasteiger partial charge in [-0.2, -0.15) is 0 Å². The van der Waals surface area contributed by atoms with Crippen LogP contribution in [-0.4, -0.2) is 20.7 Å². The first-order chi connectivity index (χ1) is 12.5. The highest BCUT2D eigenvalue weighted by Gasteiger charge is 2.19. The smallest absolute Gasteiger partial charge is 0.262 e. The van der Waals surface area contributed by atoms with Crippen LogP contribution in [0, 0.1) is 5.82 Å². The topological polar surface area (TPSA) is 64.0 Å². The fourth-order valence-electron chi connectivity index (χ4n) is 2.53. The van der Waals surface area contributed by atoms with Gasteiger partial charge in [0, 0.05) is 6.54 Å². The highest BCUT2D eigenvalue weighted by Crippen LogP contribution is 2.24. The second kappa shape index (κ2) is 7.70. The van der Waals surface area contributed by atoms with Gasteiger partial charge in [-0.1, -0.05) is 36.0 Å². The Labute approximate surface area is 154 Å². The van der Waals surface area contributed by atoms with Gasteiger partial charge in [-0.15, -0.1) is 0 Å². The summed E-state index contributed by atoms with van der Waals surface area (Å²) >= 11 is 1.17. The van der Waals surface area contributed by atoms with Crippen LogP contribution in [0.3, 0.4) is 0 Å². The van der Waals surface area contributed by atoms with Gasteiger partial charge >= 0.3 is 0 Å². The van der Waals surface area contributed by atoms with Gasteiger partial charge in [0.2, 0.25) is 5.91 Å². The summed E-state index contributed by atoms with van der Waals surface area (Å²) < 4.78 is 15.2. The summed E-state index contributed by atoms with van der Waals surface area (Å²) in [7, 11) is 0. The number of aromatic nitrogens is 2. The Morgan fingerprint density at radius 2 is 1.92 bits per heavy atom. The van der Waals surface area contributed by atoms with Crippen LogP contribution in [0.5, 0.6) is 0 Å². The van der Waals surface area contributed by atoms with Crippen molar-refractivity contribution in [3.05, 3.63) is 64.7 Å². The number of fused-ring (bicyclic) bond motifs is 1. The summed E-state index contributed by atoms with van der Waals surface area (Å²) in [4.78, 5) is 29.6. The van der Waals surface area contributed by atoms with Crippen molar-refractivity contribution in [2.24, 2.45) is 0 Å². The second-order valence-corrected chi connectivity index (χ2v) is 7.00. The first kappa shape index (κ1) is 18.1. The largest absolute Gasteiger partial charge is 0.323 e. The Kier molecular flexibility index (Phi) is 5.37. The lowest BCUT2D eigenvalue weighted by molar-refractivity contribution is -0.115. The zero-order valence-electron chi connectivity index (χ0n) is 14.4. The van der Waals surface area contributed by atoms with E-state index >= 15 is 0 Å². The number of thioether (sulfide) groups is 1. The molecule has 3 aromatic rings. The summed E-state index contributed by atoms with van der Waals surface area (Å²) in [6.07, 6.45) is 0. The van der Waals surface area contributed by atoms with E-state index in [0.29, 0.717) is 22.6 Å². The summed E-state index contributed by atoms with van der Waals surface area (Å²) in [6, 6.07) is 13.1. The number of carbonyl (C=O) groups is 1. The molecule has 1 heterocycles. The van der Waals surface area contributed by atoms with Crippen LogP contribution in [0.25, 0.3) is 10.9 Å². The second-order valence-electron chi connectivity index (χ2n) is 5.69. The zero-order valence-corrected chi connectivity index (χ0v) is 15.2. The highest BCUT2D eigenvalue weighted by atomic mass is 32.2. The first-order valence-corrected chi connectivity index (χ1v) is 9.11. The number of benzene rings is 2. The van der Waals surface area contributed by atoms with Crippen molar-refractivity contribution in [3.8, 4) is 0 Å². The van der Waals surface area contributed by atoms with Gasteiger partial charge in [-0.3, -0.25) is 14.2 Å². The lowest BCUT2D eigenvalue weighted by Gasteiger charge is -2.15. The van der Waals surface area contributed by atoms with E-state index in [1.54, 1.807) is 41.8 Å². The van der Waals surface area contributed by atoms with Crippen LogP contribution in [0.4, 0.5) is 10.1 Å². The highest BCUT2D eigenvalue weighted by molar-refractivity contribution is 8.00. The van der Waals surface area contributed by atoms with Crippen molar-refractivity contribution < 1.29 is 9.18 Å². The molecule has 26 heavy (non-hydrogen) atoms. The van der Waals surface area contributed by atoms with E-state index in [-0.39, 0.29) is 17.2 Å². The van der Waals surface area contributed by atoms with Gasteiger partial charge in [0.25, 0.3) is 5.56 Å². The zero-order chi connectivity index (χ0) is 18.7. The van der Waals surface area contributed by atoms with Crippen LogP contribution in [0.2, 0.25) is 0 Å². The number of amides is 1. The van der Waals surface area contributed by atoms with Crippen LogP contribution in [0.15, 0.2) is 58.5 Å². The van der Waals surface area contributed by atoms with E-state index in [1.165, 1.54) is 23.9 Å². The maximum atomic E-state index is 13.7. The lowest BCUT2D eigenvalue weighted by Crippen LogP contribution is -2.26. The molecule has 0 saturated carbocycles. The van der Waals surface area contributed by atoms with Gasteiger partial charge in [0.15, 0.2) is 5.16 Å². The molecule has 1 N–H and O–H groups in total. The molecule has 0 radical (unpaired) electrons. The minimum absolute atomic E-state index is 0.129. The van der Waals surface area contributed by atoms with Gasteiger partial charge in [0.1, 0.15) is 5.82 Å². The molecule has 3 rings (SSSR count). The quantitative estimate of drug-likeness (QED) is 0.549. The molecule has 1 aromatic heterocycles. The number of anilines is 1. The maximum Gasteiger partial charge on any atom is 0.262 e. The van der Waals surface area contributed by atoms with E-state index in [9.17, 15) is 14.0 Å². The Hall–Kier alpha value is -2.67. The number of nitrogens with one attached hydrogen (secondary N) is 1. The van der Waals surface area contributed by atoms with Gasteiger partial charge in [-0.25, -0.2) is 9.37 Å². The number of nitrogens with zero attached hydrogens (tertiary/aromatic N) is 2. The molecule has 1 amide bonds. The predicted molar refractivity (Wildman–Crippen MR) is 102 cm³/mol. The van der Waals surface area contributed by atoms with Crippen molar-refractivity contribution in [2.45, 2.75) is 30.8 Å². The molecule has 0 spiro atoms. The minimum atomic E-state index is -0.555. The number of hydrogen-bond acceptors (Lipinski definition) is 4. The van der Waals surface area contributed by atoms with Crippen molar-refractivity contribution >= 4 is 34.3 Å². The van der Waals surface area contributed by atoms with E-state index in [4.69, 9.17) is 0 Å². The van der Waals surface area contributed by atoms with Gasteiger partial charge in [0.05, 0.1) is 21.8 Å². The third-order valence-electron chi connectivity index (χ3n) is 3.93. The fraction of sp³-hybridized carbons (Fsp3) is 0.211. The predicted octanol–water partition coefficient (Wildman–Crippen LogP) is 3.67. The Morgan fingerprint density at radius 1 is 1.23 bits per heavy atom. The molecule has 2 aromatic carbocycles. The van der Waals surface area contributed by atoms with Crippen molar-refractivity contribution in [3.63, 3.8) is 0 Å². The van der Waals surface area contributed by atoms with Gasteiger partial charge in [-0.05, 0) is 38.1 Å². The summed E-state index contributed by atoms with van der Waals surface area (Å²) in [5.74, 6) is -0.850. The third-order valence-corrected chi connectivity index (χ3v) is 5.02. The van der Waals surface area contributed by atoms with Crippen LogP contribution >= 0.6 is 11.8 Å². The Bertz CT molecular complexity index is 1020. The molecule has 134 valence electrons. The normalized spacial score (nSPS) is 12.1. The molecule has 0 aliphatic carbocycles. The molecule has 5 nitrogen and oxygen atoms in total. The molecule has 0 bridgehead atoms. The molecule has 0 saturated heterocycles. The SMILES string of the molecule is CCn1c(SC(C)C(=O)Nc2ccccc2F)nc2ccccc2c1=O. The molecule has 1 atom stereocenters. The van der Waals surface area contributed by atoms with Gasteiger partial charge < -0.3 is 5.32 Å². The van der Waals surface area contributed by atoms with Crippen LogP contribution in [-0.2, 0) is 11.3 Å². The molecule has 0 fully saturated rings. The standard InChI is InChI=1S/C19H18FN3O2S/c1-3-23-18(25)13-8-4-6-10-15(13)22-19(23)26-12(2)17(24)21-16-11-7-5-9-14(16)20/h4-12H,3H2,1-2H3,(H,21,24). The Balaban J connectivity index is 1.87. The monoisotopic (exact) mass is 371 g/mol. The van der Waals surface area contributed by atoms with E-state index in [2.05, 4.69) is 10.3 Å². The van der Waals surface area contributed by atoms with Crippen molar-refractivity contribution in [1.29, 1.82) is 0 Å².